The van der Waals surface area contributed by atoms with Gasteiger partial charge in [-0.3, -0.25) is 3.53 Å². The fraction of sp³-hybridized carbons (Fsp3) is 1.00. The van der Waals surface area contributed by atoms with Crippen LogP contribution >= 0.6 is 22.9 Å². The molecule has 0 heterocycles. The normalized spacial score (nSPS) is 18.8. The van der Waals surface area contributed by atoms with E-state index in [1.165, 1.54) is 19.3 Å². The van der Waals surface area contributed by atoms with Crippen LogP contribution in [-0.2, 0) is 0 Å². The van der Waals surface area contributed by atoms with Crippen molar-refractivity contribution in [2.75, 3.05) is 6.61 Å². The van der Waals surface area contributed by atoms with Crippen LogP contribution < -0.4 is 3.53 Å². The van der Waals surface area contributed by atoms with E-state index in [2.05, 4.69) is 47.2 Å². The van der Waals surface area contributed by atoms with Crippen molar-refractivity contribution in [2.45, 2.75) is 45.6 Å². The van der Waals surface area contributed by atoms with Gasteiger partial charge in [0.25, 0.3) is 0 Å². The van der Waals surface area contributed by atoms with Crippen LogP contribution in [0.1, 0.15) is 40.0 Å². The summed E-state index contributed by atoms with van der Waals surface area (Å²) in [6, 6.07) is 0. The summed E-state index contributed by atoms with van der Waals surface area (Å²) in [5.41, 5.74) is -0.115. The Kier molecular flexibility index (Phi) is 6.49. The number of aliphatic hydroxyl groups excluding tert-OH is 1. The number of halogens is 1. The lowest BCUT2D eigenvalue weighted by Crippen LogP contribution is -2.46. The number of hydrogen-bond donors (Lipinski definition) is 2. The highest BCUT2D eigenvalue weighted by Gasteiger charge is 2.28. The molecule has 0 fully saturated rings. The van der Waals surface area contributed by atoms with Gasteiger partial charge in [0.05, 0.1) is 12.1 Å². The maximum atomic E-state index is 9.19. The Bertz CT molecular complexity index is 115. The number of aliphatic hydroxyl groups is 1. The van der Waals surface area contributed by atoms with Gasteiger partial charge < -0.3 is 5.11 Å². The van der Waals surface area contributed by atoms with Crippen LogP contribution in [-0.4, -0.2) is 17.3 Å². The molecule has 0 saturated heterocycles. The van der Waals surface area contributed by atoms with Crippen molar-refractivity contribution in [3.05, 3.63) is 0 Å². The Hall–Kier alpha value is 0.650. The summed E-state index contributed by atoms with van der Waals surface area (Å²) in [5, 5.41) is 9.19. The van der Waals surface area contributed by atoms with E-state index >= 15 is 0 Å². The van der Waals surface area contributed by atoms with Gasteiger partial charge in [-0.15, -0.1) is 0 Å². The van der Waals surface area contributed by atoms with Crippen molar-refractivity contribution in [2.24, 2.45) is 5.92 Å². The average molecular weight is 285 g/mol. The van der Waals surface area contributed by atoms with Gasteiger partial charge in [0.2, 0.25) is 0 Å². The predicted molar refractivity (Wildman–Crippen MR) is 61.3 cm³/mol. The first-order valence-corrected chi connectivity index (χ1v) is 5.67. The fourth-order valence-electron chi connectivity index (χ4n) is 1.11. The van der Waals surface area contributed by atoms with Crippen LogP contribution in [0.2, 0.25) is 0 Å². The first-order chi connectivity index (χ1) is 5.60. The molecule has 0 amide bonds. The molecule has 2 nitrogen and oxygen atoms in total. The third-order valence-corrected chi connectivity index (χ3v) is 3.85. The van der Waals surface area contributed by atoms with E-state index in [1.54, 1.807) is 0 Å². The van der Waals surface area contributed by atoms with Gasteiger partial charge in [-0.2, -0.15) is 0 Å². The van der Waals surface area contributed by atoms with Gasteiger partial charge in [-0.25, -0.2) is 0 Å². The zero-order valence-electron chi connectivity index (χ0n) is 8.23. The van der Waals surface area contributed by atoms with Crippen molar-refractivity contribution in [1.29, 1.82) is 0 Å². The van der Waals surface area contributed by atoms with E-state index in [1.807, 2.05) is 0 Å². The lowest BCUT2D eigenvalue weighted by Gasteiger charge is -2.32. The molecule has 0 aliphatic carbocycles. The first-order valence-electron chi connectivity index (χ1n) is 4.59. The summed E-state index contributed by atoms with van der Waals surface area (Å²) in [4.78, 5) is 0. The molecule has 0 radical (unpaired) electrons. The Morgan fingerprint density at radius 1 is 1.58 bits per heavy atom. The molecule has 0 aliphatic rings. The van der Waals surface area contributed by atoms with Crippen LogP contribution in [0.5, 0.6) is 0 Å². The Balaban J connectivity index is 3.93. The summed E-state index contributed by atoms with van der Waals surface area (Å²) in [6.07, 6.45) is 3.66. The Morgan fingerprint density at radius 3 is 2.50 bits per heavy atom. The van der Waals surface area contributed by atoms with E-state index < -0.39 is 0 Å². The zero-order chi connectivity index (χ0) is 9.61. The van der Waals surface area contributed by atoms with Crippen molar-refractivity contribution < 1.29 is 5.11 Å². The topological polar surface area (TPSA) is 32.3 Å². The van der Waals surface area contributed by atoms with Crippen LogP contribution in [0.3, 0.4) is 0 Å². The van der Waals surface area contributed by atoms with Crippen LogP contribution in [0.15, 0.2) is 0 Å². The van der Waals surface area contributed by atoms with Crippen molar-refractivity contribution in [3.8, 4) is 0 Å². The lowest BCUT2D eigenvalue weighted by atomic mass is 9.85. The smallest absolute Gasteiger partial charge is 0.0620 e. The molecule has 0 aromatic rings. The second-order valence-corrected chi connectivity index (χ2v) is 4.25. The average Bonchev–Trinajstić information content (AvgIpc) is 2.12. The highest BCUT2D eigenvalue weighted by molar-refractivity contribution is 14.1. The molecule has 2 N–H and O–H groups in total. The summed E-state index contributed by atoms with van der Waals surface area (Å²) in [7, 11) is 0. The minimum atomic E-state index is -0.115. The third kappa shape index (κ3) is 3.58. The number of unbranched alkanes of at least 4 members (excludes halogenated alkanes) is 1. The Labute approximate surface area is 89.6 Å². The molecule has 12 heavy (non-hydrogen) atoms. The SMILES string of the molecule is CCCCC(C)C(C)(CO)NI. The van der Waals surface area contributed by atoms with Crippen LogP contribution in [0.25, 0.3) is 0 Å². The maximum absolute atomic E-state index is 9.19. The molecule has 0 aromatic carbocycles. The van der Waals surface area contributed by atoms with Gasteiger partial charge in [-0.05, 0) is 19.3 Å². The summed E-state index contributed by atoms with van der Waals surface area (Å²) in [5.74, 6) is 0.527. The van der Waals surface area contributed by atoms with Crippen LogP contribution in [0.4, 0.5) is 0 Å². The highest BCUT2D eigenvalue weighted by Crippen LogP contribution is 2.22. The molecule has 0 spiro atoms. The standard InChI is InChI=1S/C9H20INO/c1-4-5-6-8(2)9(3,7-12)11-10/h8,11-12H,4-7H2,1-3H3. The minimum absolute atomic E-state index is 0.115. The molecule has 0 bridgehead atoms. The molecule has 74 valence electrons. The molecular formula is C9H20INO. The maximum Gasteiger partial charge on any atom is 0.0620 e. The Morgan fingerprint density at radius 2 is 2.17 bits per heavy atom. The molecule has 0 saturated carbocycles. The largest absolute Gasteiger partial charge is 0.394 e. The molecule has 0 aliphatic heterocycles. The zero-order valence-corrected chi connectivity index (χ0v) is 10.4. The van der Waals surface area contributed by atoms with Gasteiger partial charge in [-0.1, -0.05) is 26.7 Å². The van der Waals surface area contributed by atoms with E-state index in [9.17, 15) is 5.11 Å². The highest BCUT2D eigenvalue weighted by atomic mass is 127. The second kappa shape index (κ2) is 6.16. The third-order valence-electron chi connectivity index (χ3n) is 2.62. The fourth-order valence-corrected chi connectivity index (χ4v) is 1.81. The number of hydrogen-bond acceptors (Lipinski definition) is 2. The molecule has 2 unspecified atom stereocenters. The summed E-state index contributed by atoms with van der Waals surface area (Å²) >= 11 is 2.12. The molecule has 3 heteroatoms. The molecule has 0 rings (SSSR count). The molecule has 0 aromatic heterocycles. The van der Waals surface area contributed by atoms with Gasteiger partial charge in [0.15, 0.2) is 0 Å². The monoisotopic (exact) mass is 285 g/mol. The molecule has 2 atom stereocenters. The van der Waals surface area contributed by atoms with E-state index in [0.717, 1.165) is 0 Å². The van der Waals surface area contributed by atoms with Gasteiger partial charge in [0.1, 0.15) is 0 Å². The van der Waals surface area contributed by atoms with Crippen molar-refractivity contribution >= 4 is 22.9 Å². The van der Waals surface area contributed by atoms with Gasteiger partial charge >= 0.3 is 0 Å². The molecular weight excluding hydrogens is 265 g/mol. The lowest BCUT2D eigenvalue weighted by molar-refractivity contribution is 0.147. The minimum Gasteiger partial charge on any atom is -0.394 e. The van der Waals surface area contributed by atoms with Gasteiger partial charge in [0, 0.05) is 22.9 Å². The quantitative estimate of drug-likeness (QED) is 0.580. The van der Waals surface area contributed by atoms with Crippen molar-refractivity contribution in [3.63, 3.8) is 0 Å². The summed E-state index contributed by atoms with van der Waals surface area (Å²) in [6.45, 7) is 6.67. The van der Waals surface area contributed by atoms with E-state index in [0.29, 0.717) is 5.92 Å². The second-order valence-electron chi connectivity index (χ2n) is 3.71. The van der Waals surface area contributed by atoms with E-state index in [4.69, 9.17) is 0 Å². The van der Waals surface area contributed by atoms with E-state index in [-0.39, 0.29) is 12.1 Å². The van der Waals surface area contributed by atoms with Crippen LogP contribution in [0, 0.1) is 5.92 Å². The number of nitrogens with one attached hydrogen (secondary N) is 1. The summed E-state index contributed by atoms with van der Waals surface area (Å²) < 4.78 is 3.16. The first kappa shape index (κ1) is 12.7. The van der Waals surface area contributed by atoms with Crippen molar-refractivity contribution in [1.82, 2.24) is 3.53 Å². The number of rotatable bonds is 6. The predicted octanol–water partition coefficient (Wildman–Crippen LogP) is 2.50.